The zero-order valence-corrected chi connectivity index (χ0v) is 13.5. The van der Waals surface area contributed by atoms with Crippen molar-refractivity contribution < 1.29 is 9.47 Å². The van der Waals surface area contributed by atoms with Crippen molar-refractivity contribution in [1.82, 2.24) is 5.32 Å². The molecular formula is C17H18BrNO2. The van der Waals surface area contributed by atoms with Gasteiger partial charge in [0.2, 0.25) is 0 Å². The summed E-state index contributed by atoms with van der Waals surface area (Å²) >= 11 is 3.50. The Morgan fingerprint density at radius 3 is 2.81 bits per heavy atom. The van der Waals surface area contributed by atoms with Gasteiger partial charge < -0.3 is 14.8 Å². The highest BCUT2D eigenvalue weighted by Gasteiger charge is 2.22. The largest absolute Gasteiger partial charge is 0.497 e. The molecule has 2 aromatic rings. The van der Waals surface area contributed by atoms with E-state index >= 15 is 0 Å². The van der Waals surface area contributed by atoms with Crippen LogP contribution in [0.25, 0.3) is 0 Å². The van der Waals surface area contributed by atoms with Crippen LogP contribution in [0, 0.1) is 0 Å². The predicted molar refractivity (Wildman–Crippen MR) is 87.0 cm³/mol. The first-order valence-corrected chi connectivity index (χ1v) is 7.82. The van der Waals surface area contributed by atoms with Gasteiger partial charge in [-0.3, -0.25) is 0 Å². The summed E-state index contributed by atoms with van der Waals surface area (Å²) in [6, 6.07) is 14.3. The van der Waals surface area contributed by atoms with Gasteiger partial charge in [-0.15, -0.1) is 0 Å². The summed E-state index contributed by atoms with van der Waals surface area (Å²) in [4.78, 5) is 0. The van der Waals surface area contributed by atoms with E-state index in [1.54, 1.807) is 7.11 Å². The van der Waals surface area contributed by atoms with Crippen LogP contribution in [0.15, 0.2) is 46.9 Å². The Morgan fingerprint density at radius 1 is 1.24 bits per heavy atom. The maximum absolute atomic E-state index is 5.93. The Morgan fingerprint density at radius 2 is 2.05 bits per heavy atom. The van der Waals surface area contributed by atoms with Gasteiger partial charge in [-0.2, -0.15) is 0 Å². The predicted octanol–water partition coefficient (Wildman–Crippen LogP) is 3.55. The Bertz CT molecular complexity index is 613. The van der Waals surface area contributed by atoms with E-state index in [9.17, 15) is 0 Å². The minimum absolute atomic E-state index is 0.215. The van der Waals surface area contributed by atoms with Crippen LogP contribution in [0.1, 0.15) is 11.1 Å². The fraction of sp³-hybridized carbons (Fsp3) is 0.294. The second-order valence-corrected chi connectivity index (χ2v) is 6.09. The van der Waals surface area contributed by atoms with Crippen LogP contribution in [0.2, 0.25) is 0 Å². The molecule has 110 valence electrons. The molecule has 0 spiro atoms. The molecule has 0 radical (unpaired) electrons. The fourth-order valence-corrected chi connectivity index (χ4v) is 2.93. The minimum Gasteiger partial charge on any atom is -0.497 e. The van der Waals surface area contributed by atoms with E-state index < -0.39 is 0 Å². The fourth-order valence-electron chi connectivity index (χ4n) is 2.52. The zero-order chi connectivity index (χ0) is 14.7. The van der Waals surface area contributed by atoms with E-state index in [2.05, 4.69) is 39.4 Å². The lowest BCUT2D eigenvalue weighted by Crippen LogP contribution is -2.29. The van der Waals surface area contributed by atoms with Gasteiger partial charge in [0.05, 0.1) is 7.11 Å². The van der Waals surface area contributed by atoms with Crippen LogP contribution in [0.4, 0.5) is 0 Å². The van der Waals surface area contributed by atoms with Crippen LogP contribution in [0.5, 0.6) is 11.5 Å². The summed E-state index contributed by atoms with van der Waals surface area (Å²) in [5.41, 5.74) is 2.52. The number of halogens is 1. The van der Waals surface area contributed by atoms with E-state index in [1.807, 2.05) is 24.3 Å². The van der Waals surface area contributed by atoms with Crippen LogP contribution in [-0.4, -0.2) is 19.8 Å². The lowest BCUT2D eigenvalue weighted by Gasteiger charge is -2.12. The number of hydrogen-bond donors (Lipinski definition) is 1. The quantitative estimate of drug-likeness (QED) is 0.897. The summed E-state index contributed by atoms with van der Waals surface area (Å²) in [6.07, 6.45) is 1.18. The van der Waals surface area contributed by atoms with Crippen molar-refractivity contribution in [2.75, 3.05) is 13.7 Å². The molecule has 0 aromatic heterocycles. The minimum atomic E-state index is 0.215. The van der Waals surface area contributed by atoms with Gasteiger partial charge in [0.1, 0.15) is 17.6 Å². The smallest absolute Gasteiger partial charge is 0.123 e. The van der Waals surface area contributed by atoms with E-state index in [0.29, 0.717) is 0 Å². The molecule has 4 heteroatoms. The topological polar surface area (TPSA) is 30.5 Å². The molecule has 0 aliphatic carbocycles. The molecule has 0 amide bonds. The third kappa shape index (κ3) is 3.57. The highest BCUT2D eigenvalue weighted by Crippen LogP contribution is 2.30. The van der Waals surface area contributed by atoms with Crippen molar-refractivity contribution in [3.8, 4) is 11.5 Å². The monoisotopic (exact) mass is 347 g/mol. The first kappa shape index (κ1) is 14.4. The van der Waals surface area contributed by atoms with Crippen LogP contribution < -0.4 is 14.8 Å². The van der Waals surface area contributed by atoms with Crippen LogP contribution >= 0.6 is 15.9 Å². The maximum atomic E-state index is 5.93. The standard InChI is InChI=1S/C17H18BrNO2/c1-20-15-5-2-12(3-6-15)10-19-11-16-9-13-8-14(18)4-7-17(13)21-16/h2-8,16,19H,9-11H2,1H3. The maximum Gasteiger partial charge on any atom is 0.123 e. The molecular weight excluding hydrogens is 330 g/mol. The van der Waals surface area contributed by atoms with Crippen molar-refractivity contribution >= 4 is 15.9 Å². The molecule has 1 aliphatic heterocycles. The third-order valence-corrected chi connectivity index (χ3v) is 4.12. The molecule has 1 heterocycles. The molecule has 2 aromatic carbocycles. The van der Waals surface area contributed by atoms with Crippen molar-refractivity contribution in [3.63, 3.8) is 0 Å². The molecule has 0 saturated carbocycles. The van der Waals surface area contributed by atoms with Gasteiger partial charge in [0.15, 0.2) is 0 Å². The second kappa shape index (κ2) is 6.50. The molecule has 0 saturated heterocycles. The molecule has 3 nitrogen and oxygen atoms in total. The Hall–Kier alpha value is -1.52. The van der Waals surface area contributed by atoms with Gasteiger partial charge in [-0.05, 0) is 41.5 Å². The van der Waals surface area contributed by atoms with Gasteiger partial charge >= 0.3 is 0 Å². The lowest BCUT2D eigenvalue weighted by atomic mass is 10.1. The van der Waals surface area contributed by atoms with Crippen molar-refractivity contribution in [2.45, 2.75) is 19.1 Å². The van der Waals surface area contributed by atoms with Gasteiger partial charge in [0, 0.05) is 24.0 Å². The van der Waals surface area contributed by atoms with Gasteiger partial charge in [-0.25, -0.2) is 0 Å². The molecule has 1 N–H and O–H groups in total. The summed E-state index contributed by atoms with van der Waals surface area (Å²) < 4.78 is 12.2. The summed E-state index contributed by atoms with van der Waals surface area (Å²) in [5.74, 6) is 1.90. The van der Waals surface area contributed by atoms with E-state index in [4.69, 9.17) is 9.47 Å². The number of hydrogen-bond acceptors (Lipinski definition) is 3. The molecule has 0 bridgehead atoms. The molecule has 21 heavy (non-hydrogen) atoms. The van der Waals surface area contributed by atoms with Crippen molar-refractivity contribution in [2.24, 2.45) is 0 Å². The van der Waals surface area contributed by atoms with E-state index in [1.165, 1.54) is 11.1 Å². The summed E-state index contributed by atoms with van der Waals surface area (Å²) in [6.45, 7) is 1.68. The van der Waals surface area contributed by atoms with Crippen molar-refractivity contribution in [3.05, 3.63) is 58.1 Å². The normalized spacial score (nSPS) is 16.4. The number of fused-ring (bicyclic) bond motifs is 1. The number of ether oxygens (including phenoxy) is 2. The van der Waals surface area contributed by atoms with Gasteiger partial charge in [-0.1, -0.05) is 28.1 Å². The SMILES string of the molecule is COc1ccc(CNCC2Cc3cc(Br)ccc3O2)cc1. The molecule has 1 aliphatic rings. The average molecular weight is 348 g/mol. The summed E-state index contributed by atoms with van der Waals surface area (Å²) in [5, 5.41) is 3.45. The third-order valence-electron chi connectivity index (χ3n) is 3.62. The average Bonchev–Trinajstić information content (AvgIpc) is 2.89. The van der Waals surface area contributed by atoms with Crippen molar-refractivity contribution in [1.29, 1.82) is 0 Å². The molecule has 1 atom stereocenters. The van der Waals surface area contributed by atoms with E-state index in [-0.39, 0.29) is 6.10 Å². The Kier molecular flexibility index (Phi) is 4.46. The number of methoxy groups -OCH3 is 1. The molecule has 0 fully saturated rings. The second-order valence-electron chi connectivity index (χ2n) is 5.18. The molecule has 1 unspecified atom stereocenters. The highest BCUT2D eigenvalue weighted by atomic mass is 79.9. The number of rotatable bonds is 5. The first-order chi connectivity index (χ1) is 10.2. The van der Waals surface area contributed by atoms with Crippen LogP contribution in [0.3, 0.4) is 0 Å². The molecule has 3 rings (SSSR count). The van der Waals surface area contributed by atoms with E-state index in [0.717, 1.165) is 35.5 Å². The Labute approximate surface area is 133 Å². The number of benzene rings is 2. The Balaban J connectivity index is 1.48. The summed E-state index contributed by atoms with van der Waals surface area (Å²) in [7, 11) is 1.68. The zero-order valence-electron chi connectivity index (χ0n) is 11.9. The lowest BCUT2D eigenvalue weighted by molar-refractivity contribution is 0.227. The van der Waals surface area contributed by atoms with Crippen LogP contribution in [-0.2, 0) is 13.0 Å². The number of nitrogens with one attached hydrogen (secondary N) is 1. The first-order valence-electron chi connectivity index (χ1n) is 7.03. The highest BCUT2D eigenvalue weighted by molar-refractivity contribution is 9.10. The van der Waals surface area contributed by atoms with Gasteiger partial charge in [0.25, 0.3) is 0 Å².